The highest BCUT2D eigenvalue weighted by Crippen LogP contribution is 2.29. The van der Waals surface area contributed by atoms with Gasteiger partial charge in [-0.05, 0) is 23.9 Å². The van der Waals surface area contributed by atoms with Crippen molar-refractivity contribution >= 4 is 17.2 Å². The number of aryl methyl sites for hydroxylation is 1. The lowest BCUT2D eigenvalue weighted by Gasteiger charge is -2.26. The minimum atomic E-state index is 1.04. The Morgan fingerprint density at radius 1 is 1.35 bits per heavy atom. The van der Waals surface area contributed by atoms with E-state index in [1.165, 1.54) is 10.4 Å². The highest BCUT2D eigenvalue weighted by atomic mass is 32.1. The van der Waals surface area contributed by atoms with Crippen molar-refractivity contribution in [2.75, 3.05) is 31.1 Å². The third kappa shape index (κ3) is 2.08. The fourth-order valence-corrected chi connectivity index (χ4v) is 3.03. The molecule has 0 unspecified atom stereocenters. The van der Waals surface area contributed by atoms with Crippen molar-refractivity contribution in [2.45, 2.75) is 6.92 Å². The first-order valence-electron chi connectivity index (χ1n) is 5.90. The molecule has 4 nitrogen and oxygen atoms in total. The van der Waals surface area contributed by atoms with E-state index in [9.17, 15) is 0 Å². The minimum Gasteiger partial charge on any atom is -0.353 e. The van der Waals surface area contributed by atoms with Crippen molar-refractivity contribution in [1.29, 1.82) is 0 Å². The number of H-pyrrole nitrogens is 1. The molecule has 0 spiro atoms. The fraction of sp³-hybridized carbons (Fsp3) is 0.417. The van der Waals surface area contributed by atoms with Gasteiger partial charge < -0.3 is 10.2 Å². The van der Waals surface area contributed by atoms with Gasteiger partial charge in [0.2, 0.25) is 0 Å². The van der Waals surface area contributed by atoms with Gasteiger partial charge in [0.05, 0.1) is 10.6 Å². The molecule has 1 fully saturated rings. The molecule has 90 valence electrons. The van der Waals surface area contributed by atoms with Gasteiger partial charge in [-0.15, -0.1) is 11.3 Å². The summed E-state index contributed by atoms with van der Waals surface area (Å²) in [6.45, 7) is 6.29. The van der Waals surface area contributed by atoms with E-state index in [-0.39, 0.29) is 0 Å². The molecule has 0 atom stereocenters. The Kier molecular flexibility index (Phi) is 2.86. The van der Waals surface area contributed by atoms with Gasteiger partial charge in [0.25, 0.3) is 0 Å². The first kappa shape index (κ1) is 10.8. The quantitative estimate of drug-likeness (QED) is 0.852. The number of hydrogen-bond acceptors (Lipinski definition) is 4. The third-order valence-electron chi connectivity index (χ3n) is 3.11. The molecule has 0 radical (unpaired) electrons. The molecule has 2 aromatic heterocycles. The normalized spacial score (nSPS) is 16.4. The van der Waals surface area contributed by atoms with Crippen molar-refractivity contribution in [3.8, 4) is 10.6 Å². The number of anilines is 1. The van der Waals surface area contributed by atoms with Gasteiger partial charge in [-0.25, -0.2) is 0 Å². The highest BCUT2D eigenvalue weighted by Gasteiger charge is 2.14. The van der Waals surface area contributed by atoms with Crippen LogP contribution in [0.2, 0.25) is 0 Å². The second kappa shape index (κ2) is 4.50. The first-order valence-corrected chi connectivity index (χ1v) is 6.78. The van der Waals surface area contributed by atoms with Crippen LogP contribution in [-0.2, 0) is 0 Å². The summed E-state index contributed by atoms with van der Waals surface area (Å²) in [7, 11) is 0. The molecule has 3 heterocycles. The SMILES string of the molecule is Cc1ccsc1-c1cc(N2CCNCC2)n[nH]1. The topological polar surface area (TPSA) is 44.0 Å². The number of rotatable bonds is 2. The lowest BCUT2D eigenvalue weighted by molar-refractivity contribution is 0.584. The van der Waals surface area contributed by atoms with Crippen LogP contribution in [0.25, 0.3) is 10.6 Å². The van der Waals surface area contributed by atoms with E-state index in [1.54, 1.807) is 11.3 Å². The summed E-state index contributed by atoms with van der Waals surface area (Å²) in [5, 5.41) is 13.0. The molecule has 0 saturated carbocycles. The lowest BCUT2D eigenvalue weighted by atomic mass is 10.2. The Bertz CT molecular complexity index is 496. The van der Waals surface area contributed by atoms with Crippen molar-refractivity contribution in [3.63, 3.8) is 0 Å². The van der Waals surface area contributed by atoms with E-state index in [2.05, 4.69) is 44.9 Å². The number of piperazine rings is 1. The van der Waals surface area contributed by atoms with Crippen molar-refractivity contribution in [3.05, 3.63) is 23.1 Å². The van der Waals surface area contributed by atoms with Crippen LogP contribution < -0.4 is 10.2 Å². The second-order valence-electron chi connectivity index (χ2n) is 4.31. The Morgan fingerprint density at radius 3 is 2.88 bits per heavy atom. The molecule has 0 aliphatic carbocycles. The van der Waals surface area contributed by atoms with E-state index in [0.29, 0.717) is 0 Å². The van der Waals surface area contributed by atoms with Crippen molar-refractivity contribution < 1.29 is 0 Å². The number of aromatic amines is 1. The van der Waals surface area contributed by atoms with Crippen LogP contribution in [0.5, 0.6) is 0 Å². The largest absolute Gasteiger partial charge is 0.353 e. The van der Waals surface area contributed by atoms with E-state index >= 15 is 0 Å². The Morgan fingerprint density at radius 2 is 2.18 bits per heavy atom. The molecular formula is C12H16N4S. The van der Waals surface area contributed by atoms with Gasteiger partial charge in [-0.1, -0.05) is 0 Å². The third-order valence-corrected chi connectivity index (χ3v) is 4.16. The zero-order chi connectivity index (χ0) is 11.7. The van der Waals surface area contributed by atoms with Gasteiger partial charge in [-0.3, -0.25) is 5.10 Å². The summed E-state index contributed by atoms with van der Waals surface area (Å²) in [5.41, 5.74) is 2.44. The Labute approximate surface area is 105 Å². The van der Waals surface area contributed by atoms with Gasteiger partial charge in [0.1, 0.15) is 0 Å². The van der Waals surface area contributed by atoms with Crippen LogP contribution in [0.4, 0.5) is 5.82 Å². The summed E-state index contributed by atoms with van der Waals surface area (Å²) < 4.78 is 0. The number of aromatic nitrogens is 2. The molecule has 5 heteroatoms. The van der Waals surface area contributed by atoms with E-state index in [4.69, 9.17) is 0 Å². The molecule has 0 bridgehead atoms. The predicted octanol–water partition coefficient (Wildman–Crippen LogP) is 1.86. The maximum absolute atomic E-state index is 4.42. The minimum absolute atomic E-state index is 1.04. The lowest BCUT2D eigenvalue weighted by Crippen LogP contribution is -2.43. The van der Waals surface area contributed by atoms with Gasteiger partial charge in [0, 0.05) is 32.2 Å². The molecule has 1 aliphatic heterocycles. The monoisotopic (exact) mass is 248 g/mol. The molecule has 3 rings (SSSR count). The van der Waals surface area contributed by atoms with Crippen molar-refractivity contribution in [1.82, 2.24) is 15.5 Å². The van der Waals surface area contributed by atoms with E-state index in [1.807, 2.05) is 0 Å². The summed E-state index contributed by atoms with van der Waals surface area (Å²) in [5.74, 6) is 1.06. The molecular weight excluding hydrogens is 232 g/mol. The Balaban J connectivity index is 1.85. The molecule has 2 aromatic rings. The van der Waals surface area contributed by atoms with Gasteiger partial charge in [0.15, 0.2) is 5.82 Å². The zero-order valence-corrected chi connectivity index (χ0v) is 10.7. The zero-order valence-electron chi connectivity index (χ0n) is 9.86. The Hall–Kier alpha value is -1.33. The van der Waals surface area contributed by atoms with Gasteiger partial charge >= 0.3 is 0 Å². The van der Waals surface area contributed by atoms with Gasteiger partial charge in [-0.2, -0.15) is 5.10 Å². The predicted molar refractivity (Wildman–Crippen MR) is 71.7 cm³/mol. The van der Waals surface area contributed by atoms with E-state index < -0.39 is 0 Å². The van der Waals surface area contributed by atoms with E-state index in [0.717, 1.165) is 37.7 Å². The number of hydrogen-bond donors (Lipinski definition) is 2. The first-order chi connectivity index (χ1) is 8.34. The molecule has 1 aliphatic rings. The number of nitrogens with zero attached hydrogens (tertiary/aromatic N) is 2. The van der Waals surface area contributed by atoms with Crippen LogP contribution in [0, 0.1) is 6.92 Å². The fourth-order valence-electron chi connectivity index (χ4n) is 2.13. The molecule has 0 amide bonds. The summed E-state index contributed by atoms with van der Waals surface area (Å²) in [6, 6.07) is 4.30. The smallest absolute Gasteiger partial charge is 0.151 e. The summed E-state index contributed by atoms with van der Waals surface area (Å²) in [6.07, 6.45) is 0. The average molecular weight is 248 g/mol. The summed E-state index contributed by atoms with van der Waals surface area (Å²) in [4.78, 5) is 3.61. The van der Waals surface area contributed by atoms with Crippen molar-refractivity contribution in [2.24, 2.45) is 0 Å². The molecule has 0 aromatic carbocycles. The molecule has 2 N–H and O–H groups in total. The highest BCUT2D eigenvalue weighted by molar-refractivity contribution is 7.13. The second-order valence-corrected chi connectivity index (χ2v) is 5.23. The van der Waals surface area contributed by atoms with Crippen LogP contribution in [-0.4, -0.2) is 36.4 Å². The van der Waals surface area contributed by atoms with Crippen LogP contribution in [0.1, 0.15) is 5.56 Å². The molecule has 17 heavy (non-hydrogen) atoms. The maximum atomic E-state index is 4.42. The number of nitrogens with one attached hydrogen (secondary N) is 2. The average Bonchev–Trinajstić information content (AvgIpc) is 2.98. The van der Waals surface area contributed by atoms with Crippen LogP contribution >= 0.6 is 11.3 Å². The summed E-state index contributed by atoms with van der Waals surface area (Å²) >= 11 is 1.76. The number of thiophene rings is 1. The molecule has 1 saturated heterocycles. The standard InChI is InChI=1S/C12H16N4S/c1-9-2-7-17-12(9)10-8-11(15-14-10)16-5-3-13-4-6-16/h2,7-8,13H,3-6H2,1H3,(H,14,15). The van der Waals surface area contributed by atoms with Crippen LogP contribution in [0.15, 0.2) is 17.5 Å². The van der Waals surface area contributed by atoms with Crippen LogP contribution in [0.3, 0.4) is 0 Å². The maximum Gasteiger partial charge on any atom is 0.151 e.